The molecule has 1 atom stereocenters. The van der Waals surface area contributed by atoms with Crippen molar-refractivity contribution in [1.82, 2.24) is 24.3 Å². The highest BCUT2D eigenvalue weighted by molar-refractivity contribution is 5.81. The summed E-state index contributed by atoms with van der Waals surface area (Å²) in [4.78, 5) is 36.3. The average Bonchev–Trinajstić information content (AvgIpc) is 3.21. The van der Waals surface area contributed by atoms with Crippen LogP contribution in [0.3, 0.4) is 0 Å². The van der Waals surface area contributed by atoms with Crippen molar-refractivity contribution in [3.05, 3.63) is 58.0 Å². The SMILES string of the molecule is O=C(O)N(Cc1cc2c(cn1)OCCO2)C1CCN(CC2(O)Cn3c(=O)cnc4ccc(F)c2c43)CC1. The van der Waals surface area contributed by atoms with Gasteiger partial charge in [0, 0.05) is 37.3 Å². The normalized spacial score (nSPS) is 21.4. The van der Waals surface area contributed by atoms with E-state index in [4.69, 9.17) is 9.47 Å². The number of aromatic nitrogens is 3. The molecule has 12 heteroatoms. The highest BCUT2D eigenvalue weighted by Gasteiger charge is 2.43. The minimum absolute atomic E-state index is 0.0575. The van der Waals surface area contributed by atoms with E-state index in [2.05, 4.69) is 9.97 Å². The van der Waals surface area contributed by atoms with Crippen molar-refractivity contribution >= 4 is 17.1 Å². The second kappa shape index (κ2) is 8.96. The number of benzene rings is 1. The fourth-order valence-corrected chi connectivity index (χ4v) is 5.67. The van der Waals surface area contributed by atoms with Crippen molar-refractivity contribution in [2.45, 2.75) is 37.6 Å². The van der Waals surface area contributed by atoms with Crippen LogP contribution in [0.2, 0.25) is 0 Å². The van der Waals surface area contributed by atoms with E-state index in [1.54, 1.807) is 12.3 Å². The van der Waals surface area contributed by atoms with Gasteiger partial charge in [0.15, 0.2) is 11.5 Å². The maximum absolute atomic E-state index is 14.9. The monoisotopic (exact) mass is 511 g/mol. The third-order valence-corrected chi connectivity index (χ3v) is 7.39. The molecule has 0 spiro atoms. The molecule has 3 aromatic rings. The Morgan fingerprint density at radius 3 is 2.68 bits per heavy atom. The summed E-state index contributed by atoms with van der Waals surface area (Å²) in [5.74, 6) is 0.522. The van der Waals surface area contributed by atoms with Gasteiger partial charge in [0.05, 0.1) is 42.2 Å². The Balaban J connectivity index is 1.15. The fourth-order valence-electron chi connectivity index (χ4n) is 5.67. The molecule has 2 aromatic heterocycles. The molecule has 3 aliphatic rings. The molecule has 1 fully saturated rings. The van der Waals surface area contributed by atoms with Gasteiger partial charge in [0.2, 0.25) is 0 Å². The van der Waals surface area contributed by atoms with Gasteiger partial charge >= 0.3 is 6.09 Å². The number of hydrogen-bond acceptors (Lipinski definition) is 8. The third-order valence-electron chi connectivity index (χ3n) is 7.39. The standard InChI is InChI=1S/C25H26FN5O6/c26-17-1-2-18-23-22(17)25(35,14-31(23)21(32)11-28-18)13-29-5-3-16(4-6-29)30(24(33)34)12-15-9-19-20(10-27-15)37-8-7-36-19/h1-2,9-11,16,35H,3-8,12-14H2,(H,33,34). The largest absolute Gasteiger partial charge is 0.486 e. The molecule has 6 rings (SSSR count). The molecule has 11 nitrogen and oxygen atoms in total. The molecule has 194 valence electrons. The predicted molar refractivity (Wildman–Crippen MR) is 128 cm³/mol. The van der Waals surface area contributed by atoms with Crippen LogP contribution in [0, 0.1) is 5.82 Å². The van der Waals surface area contributed by atoms with E-state index in [0.717, 1.165) is 0 Å². The van der Waals surface area contributed by atoms with Gasteiger partial charge in [-0.1, -0.05) is 0 Å². The van der Waals surface area contributed by atoms with E-state index >= 15 is 0 Å². The van der Waals surface area contributed by atoms with Crippen molar-refractivity contribution < 1.29 is 28.9 Å². The number of ether oxygens (including phenoxy) is 2. The third kappa shape index (κ3) is 4.15. The number of carboxylic acid groups (broad SMARTS) is 1. The van der Waals surface area contributed by atoms with Crippen LogP contribution in [0.1, 0.15) is 24.1 Å². The number of piperidine rings is 1. The van der Waals surface area contributed by atoms with Crippen molar-refractivity contribution in [3.63, 3.8) is 0 Å². The van der Waals surface area contributed by atoms with Gasteiger partial charge in [-0.3, -0.25) is 19.6 Å². The first kappa shape index (κ1) is 23.6. The predicted octanol–water partition coefficient (Wildman–Crippen LogP) is 1.55. The Kier molecular flexibility index (Phi) is 5.72. The summed E-state index contributed by atoms with van der Waals surface area (Å²) < 4.78 is 27.3. The lowest BCUT2D eigenvalue weighted by atomic mass is 9.92. The summed E-state index contributed by atoms with van der Waals surface area (Å²) >= 11 is 0. The number of hydrogen-bond donors (Lipinski definition) is 2. The van der Waals surface area contributed by atoms with Gasteiger partial charge in [0.1, 0.15) is 24.6 Å². The zero-order valence-electron chi connectivity index (χ0n) is 20.0. The highest BCUT2D eigenvalue weighted by atomic mass is 19.1. The van der Waals surface area contributed by atoms with Crippen LogP contribution in [0.15, 0.2) is 35.4 Å². The van der Waals surface area contributed by atoms with Crippen LogP contribution >= 0.6 is 0 Å². The topological polar surface area (TPSA) is 130 Å². The van der Waals surface area contributed by atoms with Crippen molar-refractivity contribution in [2.75, 3.05) is 32.8 Å². The number of likely N-dealkylation sites (tertiary alicyclic amines) is 1. The van der Waals surface area contributed by atoms with Gasteiger partial charge in [-0.15, -0.1) is 0 Å². The summed E-state index contributed by atoms with van der Waals surface area (Å²) in [6.07, 6.45) is 2.76. The Labute approximate surface area is 210 Å². The number of aliphatic hydroxyl groups is 1. The van der Waals surface area contributed by atoms with E-state index in [-0.39, 0.29) is 36.8 Å². The van der Waals surface area contributed by atoms with Gasteiger partial charge in [-0.2, -0.15) is 0 Å². The average molecular weight is 512 g/mol. The zero-order chi connectivity index (χ0) is 25.7. The van der Waals surface area contributed by atoms with Crippen molar-refractivity contribution in [2.24, 2.45) is 0 Å². The zero-order valence-corrected chi connectivity index (χ0v) is 20.0. The number of halogens is 1. The molecule has 1 amide bonds. The van der Waals surface area contributed by atoms with Crippen LogP contribution in [-0.4, -0.2) is 79.5 Å². The van der Waals surface area contributed by atoms with Gasteiger partial charge in [0.25, 0.3) is 5.56 Å². The van der Waals surface area contributed by atoms with Crippen molar-refractivity contribution in [1.29, 1.82) is 0 Å². The minimum Gasteiger partial charge on any atom is -0.486 e. The Hall–Kier alpha value is -3.77. The highest BCUT2D eigenvalue weighted by Crippen LogP contribution is 2.38. The van der Waals surface area contributed by atoms with Gasteiger partial charge in [-0.05, 0) is 25.0 Å². The molecule has 1 saturated heterocycles. The molecular formula is C25H26FN5O6. The summed E-state index contributed by atoms with van der Waals surface area (Å²) in [6, 6.07) is 4.22. The molecule has 1 unspecified atom stereocenters. The minimum atomic E-state index is -1.59. The van der Waals surface area contributed by atoms with Crippen LogP contribution in [0.5, 0.6) is 11.5 Å². The molecule has 0 saturated carbocycles. The molecule has 37 heavy (non-hydrogen) atoms. The van der Waals surface area contributed by atoms with E-state index in [1.165, 1.54) is 27.8 Å². The first-order valence-corrected chi connectivity index (χ1v) is 12.2. The molecular weight excluding hydrogens is 485 g/mol. The molecule has 2 N–H and O–H groups in total. The number of carbonyl (C=O) groups is 1. The summed E-state index contributed by atoms with van der Waals surface area (Å²) in [5.41, 5.74) is -0.542. The van der Waals surface area contributed by atoms with E-state index in [9.17, 15) is 24.2 Å². The fraction of sp³-hybridized carbons (Fsp3) is 0.440. The Morgan fingerprint density at radius 2 is 1.92 bits per heavy atom. The van der Waals surface area contributed by atoms with Crippen LogP contribution < -0.4 is 15.0 Å². The second-order valence-electron chi connectivity index (χ2n) is 9.74. The maximum atomic E-state index is 14.9. The summed E-state index contributed by atoms with van der Waals surface area (Å²) in [7, 11) is 0. The van der Waals surface area contributed by atoms with Crippen molar-refractivity contribution in [3.8, 4) is 11.5 Å². The molecule has 3 aliphatic heterocycles. The van der Waals surface area contributed by atoms with E-state index < -0.39 is 17.5 Å². The number of pyridine rings is 1. The molecule has 0 radical (unpaired) electrons. The Morgan fingerprint density at radius 1 is 1.16 bits per heavy atom. The number of nitrogens with zero attached hydrogens (tertiary/aromatic N) is 5. The molecule has 0 aliphatic carbocycles. The lowest BCUT2D eigenvalue weighted by Crippen LogP contribution is -2.50. The van der Waals surface area contributed by atoms with Crippen LogP contribution in [-0.2, 0) is 18.7 Å². The number of amides is 1. The second-order valence-corrected chi connectivity index (χ2v) is 9.74. The Bertz CT molecular complexity index is 1440. The van der Waals surface area contributed by atoms with E-state index in [0.29, 0.717) is 67.4 Å². The lowest BCUT2D eigenvalue weighted by Gasteiger charge is -2.39. The summed E-state index contributed by atoms with van der Waals surface area (Å²) in [6.45, 7) is 2.06. The lowest BCUT2D eigenvalue weighted by molar-refractivity contribution is -0.0207. The number of fused-ring (bicyclic) bond motifs is 1. The van der Waals surface area contributed by atoms with Gasteiger partial charge < -0.3 is 24.3 Å². The smallest absolute Gasteiger partial charge is 0.407 e. The van der Waals surface area contributed by atoms with E-state index in [1.807, 2.05) is 4.90 Å². The quantitative estimate of drug-likeness (QED) is 0.524. The number of β-amino-alcohol motifs (C(OH)–C–C–N with tert-alkyl or cyclic N) is 1. The molecule has 5 heterocycles. The first-order valence-electron chi connectivity index (χ1n) is 12.2. The van der Waals surface area contributed by atoms with Crippen LogP contribution in [0.4, 0.5) is 9.18 Å². The first-order chi connectivity index (χ1) is 17.8. The van der Waals surface area contributed by atoms with Gasteiger partial charge in [-0.25, -0.2) is 14.2 Å². The maximum Gasteiger partial charge on any atom is 0.407 e. The molecule has 1 aromatic carbocycles. The molecule has 0 bridgehead atoms. The number of rotatable bonds is 5. The van der Waals surface area contributed by atoms with Crippen LogP contribution in [0.25, 0.3) is 11.0 Å². The summed E-state index contributed by atoms with van der Waals surface area (Å²) in [5, 5.41) is 21.4.